The Morgan fingerprint density at radius 3 is 1.66 bits per heavy atom. The van der Waals surface area contributed by atoms with Crippen LogP contribution in [0, 0.1) is 0 Å². The predicted octanol–water partition coefficient (Wildman–Crippen LogP) is 14.8. The fraction of sp³-hybridized carbons (Fsp3) is 0.0566. The van der Waals surface area contributed by atoms with Crippen LogP contribution in [0.3, 0.4) is 0 Å². The van der Waals surface area contributed by atoms with E-state index in [0.717, 1.165) is 0 Å². The highest BCUT2D eigenvalue weighted by molar-refractivity contribution is 6.17. The summed E-state index contributed by atoms with van der Waals surface area (Å²) >= 11 is 0. The second-order valence-corrected chi connectivity index (χ2v) is 15.3. The zero-order chi connectivity index (χ0) is 35.3. The van der Waals surface area contributed by atoms with Gasteiger partial charge in [0.05, 0.1) is 0 Å². The van der Waals surface area contributed by atoms with Gasteiger partial charge in [0.15, 0.2) is 0 Å². The summed E-state index contributed by atoms with van der Waals surface area (Å²) in [4.78, 5) is 0. The lowest BCUT2D eigenvalue weighted by atomic mass is 9.79. The average Bonchev–Trinajstić information content (AvgIpc) is 3.44. The molecule has 53 heavy (non-hydrogen) atoms. The molecule has 0 fully saturated rings. The second-order valence-electron chi connectivity index (χ2n) is 15.3. The molecule has 0 nitrogen and oxygen atoms in total. The lowest BCUT2D eigenvalue weighted by Crippen LogP contribution is -2.15. The molecule has 0 N–H and O–H groups in total. The van der Waals surface area contributed by atoms with E-state index in [4.69, 9.17) is 0 Å². The van der Waals surface area contributed by atoms with E-state index in [-0.39, 0.29) is 5.41 Å². The van der Waals surface area contributed by atoms with E-state index in [1.165, 1.54) is 109 Å². The SMILES string of the molecule is CC1(C)c2cc(-c3ccc4c(-c5ccc6ccccc6c5)c5cccc(-c6ccc7ccccc7c6)c5cc4c3)ccc2-c2ccc3ccccc3c21. The highest BCUT2D eigenvalue weighted by Gasteiger charge is 2.37. The summed E-state index contributed by atoms with van der Waals surface area (Å²) in [6.45, 7) is 4.79. The first kappa shape index (κ1) is 30.2. The van der Waals surface area contributed by atoms with Crippen LogP contribution in [0.5, 0.6) is 0 Å². The third-order valence-corrected chi connectivity index (χ3v) is 12.0. The number of benzene rings is 10. The van der Waals surface area contributed by atoms with Crippen molar-refractivity contribution >= 4 is 53.9 Å². The largest absolute Gasteiger partial charge is 0.0616 e. The van der Waals surface area contributed by atoms with Crippen LogP contribution in [-0.4, -0.2) is 0 Å². The van der Waals surface area contributed by atoms with Crippen LogP contribution in [0.4, 0.5) is 0 Å². The number of rotatable bonds is 3. The molecule has 0 heteroatoms. The van der Waals surface area contributed by atoms with Crippen molar-refractivity contribution in [2.24, 2.45) is 0 Å². The lowest BCUT2D eigenvalue weighted by molar-refractivity contribution is 0.666. The van der Waals surface area contributed by atoms with Crippen LogP contribution in [-0.2, 0) is 5.41 Å². The fourth-order valence-corrected chi connectivity index (χ4v) is 9.37. The minimum Gasteiger partial charge on any atom is -0.0616 e. The zero-order valence-corrected chi connectivity index (χ0v) is 29.8. The van der Waals surface area contributed by atoms with Gasteiger partial charge in [-0.25, -0.2) is 0 Å². The van der Waals surface area contributed by atoms with Crippen LogP contribution in [0.1, 0.15) is 25.0 Å². The van der Waals surface area contributed by atoms with Gasteiger partial charge in [-0.2, -0.15) is 0 Å². The fourth-order valence-electron chi connectivity index (χ4n) is 9.37. The summed E-state index contributed by atoms with van der Waals surface area (Å²) in [5, 5.41) is 12.8. The molecule has 248 valence electrons. The molecule has 0 bridgehead atoms. The van der Waals surface area contributed by atoms with Crippen molar-refractivity contribution in [1.29, 1.82) is 0 Å². The van der Waals surface area contributed by atoms with Crippen molar-refractivity contribution in [3.8, 4) is 44.5 Å². The highest BCUT2D eigenvalue weighted by Crippen LogP contribution is 2.52. The van der Waals surface area contributed by atoms with Gasteiger partial charge in [0, 0.05) is 5.41 Å². The lowest BCUT2D eigenvalue weighted by Gasteiger charge is -2.23. The quantitative estimate of drug-likeness (QED) is 0.164. The summed E-state index contributed by atoms with van der Waals surface area (Å²) in [5.74, 6) is 0. The molecule has 0 aromatic heterocycles. The maximum absolute atomic E-state index is 2.46. The molecule has 0 amide bonds. The molecule has 11 rings (SSSR count). The van der Waals surface area contributed by atoms with E-state index in [0.29, 0.717) is 0 Å². The summed E-state index contributed by atoms with van der Waals surface area (Å²) < 4.78 is 0. The molecule has 0 spiro atoms. The molecule has 10 aromatic carbocycles. The molecule has 0 atom stereocenters. The van der Waals surface area contributed by atoms with Crippen LogP contribution in [0.2, 0.25) is 0 Å². The van der Waals surface area contributed by atoms with Crippen molar-refractivity contribution in [3.05, 3.63) is 193 Å². The average molecular weight is 673 g/mol. The first-order chi connectivity index (χ1) is 26.0. The Bertz CT molecular complexity index is 3140. The van der Waals surface area contributed by atoms with Gasteiger partial charge < -0.3 is 0 Å². The van der Waals surface area contributed by atoms with Gasteiger partial charge in [-0.3, -0.25) is 0 Å². The van der Waals surface area contributed by atoms with Gasteiger partial charge in [-0.1, -0.05) is 166 Å². The Morgan fingerprint density at radius 2 is 0.868 bits per heavy atom. The zero-order valence-electron chi connectivity index (χ0n) is 29.8. The first-order valence-corrected chi connectivity index (χ1v) is 18.7. The molecular formula is C53H36. The van der Waals surface area contributed by atoms with E-state index in [2.05, 4.69) is 196 Å². The van der Waals surface area contributed by atoms with Crippen molar-refractivity contribution < 1.29 is 0 Å². The molecule has 0 radical (unpaired) electrons. The number of hydrogen-bond acceptors (Lipinski definition) is 0. The predicted molar refractivity (Wildman–Crippen MR) is 228 cm³/mol. The third-order valence-electron chi connectivity index (χ3n) is 12.0. The van der Waals surface area contributed by atoms with Crippen molar-refractivity contribution in [1.82, 2.24) is 0 Å². The van der Waals surface area contributed by atoms with Gasteiger partial charge in [0.2, 0.25) is 0 Å². The molecule has 1 aliphatic rings. The molecule has 10 aromatic rings. The Morgan fingerprint density at radius 1 is 0.302 bits per heavy atom. The monoisotopic (exact) mass is 672 g/mol. The van der Waals surface area contributed by atoms with E-state index >= 15 is 0 Å². The van der Waals surface area contributed by atoms with Crippen molar-refractivity contribution in [2.45, 2.75) is 19.3 Å². The maximum atomic E-state index is 2.46. The first-order valence-electron chi connectivity index (χ1n) is 18.7. The van der Waals surface area contributed by atoms with Gasteiger partial charge >= 0.3 is 0 Å². The standard InChI is InChI=1S/C53H36/c1-53(2)50-32-39(24-26-46(50)48-27-22-35-12-7-8-15-45(35)52(48)53)38-23-25-44-42(30-38)31-49-43(40-20-18-33-10-3-5-13-36(33)28-40)16-9-17-47(49)51(44)41-21-19-34-11-4-6-14-37(34)29-41/h3-32H,1-2H3. The summed E-state index contributed by atoms with van der Waals surface area (Å²) in [7, 11) is 0. The third kappa shape index (κ3) is 4.55. The van der Waals surface area contributed by atoms with E-state index < -0.39 is 0 Å². The Kier molecular flexibility index (Phi) is 6.40. The van der Waals surface area contributed by atoms with Crippen molar-refractivity contribution in [3.63, 3.8) is 0 Å². The van der Waals surface area contributed by atoms with E-state index in [1.54, 1.807) is 0 Å². The second kappa shape index (κ2) is 11.2. The van der Waals surface area contributed by atoms with Crippen molar-refractivity contribution in [2.75, 3.05) is 0 Å². The summed E-state index contributed by atoms with van der Waals surface area (Å²) in [6, 6.07) is 68.1. The Hall–Kier alpha value is -6.50. The van der Waals surface area contributed by atoms with Gasteiger partial charge in [-0.15, -0.1) is 0 Å². The van der Waals surface area contributed by atoms with E-state index in [9.17, 15) is 0 Å². The number of hydrogen-bond donors (Lipinski definition) is 0. The molecule has 0 saturated heterocycles. The maximum Gasteiger partial charge on any atom is 0.0165 e. The molecule has 0 aliphatic heterocycles. The topological polar surface area (TPSA) is 0 Å². The van der Waals surface area contributed by atoms with Crippen LogP contribution < -0.4 is 0 Å². The van der Waals surface area contributed by atoms with E-state index in [1.807, 2.05) is 0 Å². The van der Waals surface area contributed by atoms with Gasteiger partial charge in [-0.05, 0) is 140 Å². The smallest absolute Gasteiger partial charge is 0.0165 e. The van der Waals surface area contributed by atoms with Crippen LogP contribution in [0.25, 0.3) is 98.4 Å². The normalized spacial score (nSPS) is 13.2. The molecule has 1 aliphatic carbocycles. The Labute approximate surface area is 309 Å². The molecule has 0 saturated carbocycles. The van der Waals surface area contributed by atoms with Gasteiger partial charge in [0.25, 0.3) is 0 Å². The molecule has 0 unspecified atom stereocenters. The Balaban J connectivity index is 1.13. The number of fused-ring (bicyclic) bond motifs is 9. The summed E-state index contributed by atoms with van der Waals surface area (Å²) in [5.41, 5.74) is 13.0. The minimum atomic E-state index is -0.105. The highest BCUT2D eigenvalue weighted by atomic mass is 14.4. The molecule has 0 heterocycles. The van der Waals surface area contributed by atoms with Crippen LogP contribution >= 0.6 is 0 Å². The van der Waals surface area contributed by atoms with Crippen LogP contribution in [0.15, 0.2) is 182 Å². The van der Waals surface area contributed by atoms with Gasteiger partial charge in [0.1, 0.15) is 0 Å². The minimum absolute atomic E-state index is 0.105. The summed E-state index contributed by atoms with van der Waals surface area (Å²) in [6.07, 6.45) is 0. The molecular weight excluding hydrogens is 637 g/mol.